The minimum absolute atomic E-state index is 0.0807. The van der Waals surface area contributed by atoms with E-state index in [0.717, 1.165) is 6.26 Å². The van der Waals surface area contributed by atoms with Gasteiger partial charge in [0.15, 0.2) is 0 Å². The molecule has 0 aromatic carbocycles. The van der Waals surface area contributed by atoms with Gasteiger partial charge >= 0.3 is 12.0 Å². The molecule has 1 N–H and O–H groups in total. The van der Waals surface area contributed by atoms with Gasteiger partial charge in [0.1, 0.15) is 9.84 Å². The summed E-state index contributed by atoms with van der Waals surface area (Å²) >= 11 is 0. The van der Waals surface area contributed by atoms with Crippen molar-refractivity contribution in [2.45, 2.75) is 6.92 Å². The standard InChI is InChI=1S/C10H20N2O5S/c1-8(9(13)14)7-12(3)10(15)11(2)5-6-18(4,16)17/h8H,5-7H2,1-4H3,(H,13,14). The molecule has 7 nitrogen and oxygen atoms in total. The number of hydrogen-bond donors (Lipinski definition) is 1. The number of carboxylic acids is 1. The lowest BCUT2D eigenvalue weighted by Crippen LogP contribution is -2.43. The lowest BCUT2D eigenvalue weighted by Gasteiger charge is -2.25. The maximum Gasteiger partial charge on any atom is 0.319 e. The Labute approximate surface area is 107 Å². The van der Waals surface area contributed by atoms with Gasteiger partial charge in [-0.3, -0.25) is 4.79 Å². The average Bonchev–Trinajstić information content (AvgIpc) is 2.23. The van der Waals surface area contributed by atoms with E-state index in [1.807, 2.05) is 0 Å². The van der Waals surface area contributed by atoms with Crippen molar-refractivity contribution in [3.8, 4) is 0 Å². The summed E-state index contributed by atoms with van der Waals surface area (Å²) in [6.07, 6.45) is 1.10. The van der Waals surface area contributed by atoms with E-state index in [4.69, 9.17) is 5.11 Å². The van der Waals surface area contributed by atoms with Crippen LogP contribution in [0.5, 0.6) is 0 Å². The molecule has 0 spiro atoms. The van der Waals surface area contributed by atoms with Crippen LogP contribution in [0.25, 0.3) is 0 Å². The van der Waals surface area contributed by atoms with Crippen LogP contribution < -0.4 is 0 Å². The van der Waals surface area contributed by atoms with Crippen molar-refractivity contribution < 1.29 is 23.1 Å². The number of urea groups is 1. The molecule has 106 valence electrons. The first-order valence-electron chi connectivity index (χ1n) is 5.41. The third-order valence-electron chi connectivity index (χ3n) is 2.42. The first-order chi connectivity index (χ1) is 8.04. The lowest BCUT2D eigenvalue weighted by molar-refractivity contribution is -0.141. The molecule has 0 fully saturated rings. The third kappa shape index (κ3) is 6.43. The van der Waals surface area contributed by atoms with Gasteiger partial charge < -0.3 is 14.9 Å². The van der Waals surface area contributed by atoms with Gasteiger partial charge in [0, 0.05) is 33.4 Å². The molecule has 0 saturated heterocycles. The zero-order valence-corrected chi connectivity index (χ0v) is 11.9. The summed E-state index contributed by atoms with van der Waals surface area (Å²) in [5, 5.41) is 8.73. The van der Waals surface area contributed by atoms with E-state index in [9.17, 15) is 18.0 Å². The molecule has 0 bridgehead atoms. The number of carbonyl (C=O) groups is 2. The van der Waals surface area contributed by atoms with E-state index in [1.54, 1.807) is 0 Å². The molecule has 2 amide bonds. The minimum Gasteiger partial charge on any atom is -0.481 e. The van der Waals surface area contributed by atoms with E-state index in [0.29, 0.717) is 0 Å². The molecule has 0 aliphatic heterocycles. The van der Waals surface area contributed by atoms with Crippen LogP contribution in [-0.2, 0) is 14.6 Å². The zero-order chi connectivity index (χ0) is 14.5. The number of carboxylic acid groups (broad SMARTS) is 1. The summed E-state index contributed by atoms with van der Waals surface area (Å²) < 4.78 is 21.9. The van der Waals surface area contributed by atoms with E-state index < -0.39 is 27.8 Å². The highest BCUT2D eigenvalue weighted by Crippen LogP contribution is 2.02. The van der Waals surface area contributed by atoms with Crippen LogP contribution in [0.3, 0.4) is 0 Å². The Kier molecular flexibility index (Phi) is 6.10. The maximum absolute atomic E-state index is 11.8. The van der Waals surface area contributed by atoms with Crippen LogP contribution in [0.2, 0.25) is 0 Å². The lowest BCUT2D eigenvalue weighted by atomic mass is 10.2. The molecule has 0 saturated carbocycles. The number of nitrogens with zero attached hydrogens (tertiary/aromatic N) is 2. The molecular formula is C10H20N2O5S. The smallest absolute Gasteiger partial charge is 0.319 e. The predicted octanol–water partition coefficient (Wildman–Crippen LogP) is -0.265. The van der Waals surface area contributed by atoms with Crippen LogP contribution >= 0.6 is 0 Å². The first kappa shape index (κ1) is 16.7. The topological polar surface area (TPSA) is 95.0 Å². The number of sulfone groups is 1. The fourth-order valence-corrected chi connectivity index (χ4v) is 1.86. The number of amides is 2. The molecule has 0 aliphatic rings. The number of hydrogen-bond acceptors (Lipinski definition) is 4. The fourth-order valence-electron chi connectivity index (χ4n) is 1.26. The van der Waals surface area contributed by atoms with Gasteiger partial charge in [-0.05, 0) is 0 Å². The Bertz CT molecular complexity index is 406. The Morgan fingerprint density at radius 2 is 1.72 bits per heavy atom. The zero-order valence-electron chi connectivity index (χ0n) is 11.1. The van der Waals surface area contributed by atoms with Gasteiger partial charge in [-0.25, -0.2) is 13.2 Å². The fraction of sp³-hybridized carbons (Fsp3) is 0.800. The first-order valence-corrected chi connectivity index (χ1v) is 7.47. The van der Waals surface area contributed by atoms with E-state index >= 15 is 0 Å². The second-order valence-electron chi connectivity index (χ2n) is 4.45. The number of rotatable bonds is 6. The van der Waals surface area contributed by atoms with E-state index in [-0.39, 0.29) is 18.8 Å². The Balaban J connectivity index is 4.33. The largest absolute Gasteiger partial charge is 0.481 e. The van der Waals surface area contributed by atoms with Crippen molar-refractivity contribution in [3.63, 3.8) is 0 Å². The highest BCUT2D eigenvalue weighted by atomic mass is 32.2. The van der Waals surface area contributed by atoms with Crippen molar-refractivity contribution in [1.29, 1.82) is 0 Å². The molecule has 18 heavy (non-hydrogen) atoms. The van der Waals surface area contributed by atoms with Crippen molar-refractivity contribution in [2.75, 3.05) is 39.2 Å². The van der Waals surface area contributed by atoms with Crippen molar-refractivity contribution in [3.05, 3.63) is 0 Å². The number of carbonyl (C=O) groups excluding carboxylic acids is 1. The summed E-state index contributed by atoms with van der Waals surface area (Å²) in [6, 6.07) is -0.397. The van der Waals surface area contributed by atoms with Crippen LogP contribution in [0, 0.1) is 5.92 Å². The van der Waals surface area contributed by atoms with Gasteiger partial charge in [-0.1, -0.05) is 6.92 Å². The quantitative estimate of drug-likeness (QED) is 0.723. The minimum atomic E-state index is -3.12. The van der Waals surface area contributed by atoms with Gasteiger partial charge in [0.25, 0.3) is 0 Å². The van der Waals surface area contributed by atoms with E-state index in [1.165, 1.54) is 30.8 Å². The summed E-state index contributed by atoms with van der Waals surface area (Å²) in [5.41, 5.74) is 0. The molecular weight excluding hydrogens is 260 g/mol. The molecule has 0 aromatic rings. The van der Waals surface area contributed by atoms with E-state index in [2.05, 4.69) is 0 Å². The Morgan fingerprint density at radius 1 is 1.22 bits per heavy atom. The summed E-state index contributed by atoms with van der Waals surface area (Å²) in [4.78, 5) is 25.0. The Morgan fingerprint density at radius 3 is 2.11 bits per heavy atom. The molecule has 0 aromatic heterocycles. The van der Waals surface area contributed by atoms with Gasteiger partial charge in [-0.15, -0.1) is 0 Å². The Hall–Kier alpha value is -1.31. The highest BCUT2D eigenvalue weighted by molar-refractivity contribution is 7.90. The maximum atomic E-state index is 11.8. The number of aliphatic carboxylic acids is 1. The molecule has 1 unspecified atom stereocenters. The van der Waals surface area contributed by atoms with Crippen molar-refractivity contribution in [2.24, 2.45) is 5.92 Å². The molecule has 0 aliphatic carbocycles. The molecule has 0 radical (unpaired) electrons. The normalized spacial score (nSPS) is 12.9. The van der Waals surface area contributed by atoms with Gasteiger partial charge in [0.05, 0.1) is 11.7 Å². The van der Waals surface area contributed by atoms with Crippen LogP contribution in [0.1, 0.15) is 6.92 Å². The van der Waals surface area contributed by atoms with Crippen molar-refractivity contribution in [1.82, 2.24) is 9.80 Å². The molecule has 0 rings (SSSR count). The molecule has 8 heteroatoms. The summed E-state index contributed by atoms with van der Waals surface area (Å²) in [7, 11) is -0.155. The second-order valence-corrected chi connectivity index (χ2v) is 6.71. The SMILES string of the molecule is CC(CN(C)C(=O)N(C)CCS(C)(=O)=O)C(=O)O. The molecule has 0 heterocycles. The summed E-state index contributed by atoms with van der Waals surface area (Å²) in [6.45, 7) is 1.67. The predicted molar refractivity (Wildman–Crippen MR) is 67.2 cm³/mol. The van der Waals surface area contributed by atoms with Gasteiger partial charge in [-0.2, -0.15) is 0 Å². The highest BCUT2D eigenvalue weighted by Gasteiger charge is 2.20. The van der Waals surface area contributed by atoms with Crippen LogP contribution in [-0.4, -0.2) is 74.5 Å². The molecule has 1 atom stereocenters. The van der Waals surface area contributed by atoms with Crippen LogP contribution in [0.4, 0.5) is 4.79 Å². The summed E-state index contributed by atoms with van der Waals surface area (Å²) in [5.74, 6) is -1.76. The second kappa shape index (κ2) is 6.58. The monoisotopic (exact) mass is 280 g/mol. The van der Waals surface area contributed by atoms with Crippen LogP contribution in [0.15, 0.2) is 0 Å². The van der Waals surface area contributed by atoms with Gasteiger partial charge in [0.2, 0.25) is 0 Å². The average molecular weight is 280 g/mol. The van der Waals surface area contributed by atoms with Crippen molar-refractivity contribution >= 4 is 21.8 Å². The third-order valence-corrected chi connectivity index (χ3v) is 3.34.